The van der Waals surface area contributed by atoms with Crippen LogP contribution in [-0.2, 0) is 9.59 Å². The number of nitrogens with one attached hydrogen (secondary N) is 1. The van der Waals surface area contributed by atoms with Crippen LogP contribution in [0.1, 0.15) is 30.7 Å². The molecular weight excluding hydrogens is 484 g/mol. The van der Waals surface area contributed by atoms with E-state index in [1.807, 2.05) is 0 Å². The van der Waals surface area contributed by atoms with Crippen molar-refractivity contribution in [3.05, 3.63) is 75.2 Å². The lowest BCUT2D eigenvalue weighted by Crippen LogP contribution is -2.31. The van der Waals surface area contributed by atoms with Gasteiger partial charge in [0.1, 0.15) is 11.7 Å². The first kappa shape index (κ1) is 23.5. The van der Waals surface area contributed by atoms with E-state index in [9.17, 15) is 19.2 Å². The summed E-state index contributed by atoms with van der Waals surface area (Å²) in [5, 5.41) is 13.9. The van der Waals surface area contributed by atoms with Crippen molar-refractivity contribution in [1.82, 2.24) is 0 Å². The van der Waals surface area contributed by atoms with Gasteiger partial charge in [-0.05, 0) is 48.7 Å². The van der Waals surface area contributed by atoms with Gasteiger partial charge in [0.25, 0.3) is 0 Å². The van der Waals surface area contributed by atoms with Crippen LogP contribution < -0.4 is 5.32 Å². The molecule has 0 spiro atoms. The summed E-state index contributed by atoms with van der Waals surface area (Å²) in [4.78, 5) is 29.9. The van der Waals surface area contributed by atoms with Crippen molar-refractivity contribution in [3.63, 3.8) is 0 Å². The van der Waals surface area contributed by atoms with Crippen LogP contribution in [0.2, 0.25) is 10.0 Å². The molecular formula is C24H18Cl2FN3O2S. The van der Waals surface area contributed by atoms with E-state index in [-0.39, 0.29) is 17.4 Å². The lowest BCUT2D eigenvalue weighted by Gasteiger charge is -2.33. The molecule has 0 saturated heterocycles. The van der Waals surface area contributed by atoms with Gasteiger partial charge in [-0.15, -0.1) is 0 Å². The number of aliphatic imine (C=N–C) groups is 1. The number of thioether (sulfide) groups is 1. The predicted octanol–water partition coefficient (Wildman–Crippen LogP) is 6.15. The molecule has 0 bridgehead atoms. The van der Waals surface area contributed by atoms with Gasteiger partial charge in [0.05, 0.1) is 26.9 Å². The zero-order valence-electron chi connectivity index (χ0n) is 17.3. The Morgan fingerprint density at radius 3 is 2.70 bits per heavy atom. The Balaban J connectivity index is 1.63. The number of hydrogen-bond acceptors (Lipinski definition) is 5. The van der Waals surface area contributed by atoms with Crippen molar-refractivity contribution in [1.29, 1.82) is 5.26 Å². The van der Waals surface area contributed by atoms with Crippen LogP contribution in [0.4, 0.5) is 10.1 Å². The molecule has 1 N–H and O–H groups in total. The quantitative estimate of drug-likeness (QED) is 0.544. The molecule has 1 heterocycles. The first-order valence-corrected chi connectivity index (χ1v) is 12.0. The van der Waals surface area contributed by atoms with E-state index in [1.165, 1.54) is 24.3 Å². The van der Waals surface area contributed by atoms with Crippen LogP contribution in [0.25, 0.3) is 0 Å². The average Bonchev–Trinajstić information content (AvgIpc) is 2.80. The van der Waals surface area contributed by atoms with Crippen LogP contribution in [0.15, 0.2) is 58.7 Å². The molecule has 4 rings (SSSR count). The van der Waals surface area contributed by atoms with Gasteiger partial charge < -0.3 is 5.32 Å². The van der Waals surface area contributed by atoms with Gasteiger partial charge in [0.2, 0.25) is 5.91 Å². The van der Waals surface area contributed by atoms with E-state index in [2.05, 4.69) is 16.4 Å². The first-order valence-electron chi connectivity index (χ1n) is 10.3. The van der Waals surface area contributed by atoms with Crippen molar-refractivity contribution in [2.45, 2.75) is 25.2 Å². The SMILES string of the molecule is N#CC1C(SCC(=O)Nc2ccc(F)cc2)=NC2=C(C(=O)CCC2)[C@H]1c1cccc(Cl)c1Cl. The highest BCUT2D eigenvalue weighted by molar-refractivity contribution is 8.14. The number of carbonyl (C=O) groups excluding carboxylic acids is 2. The summed E-state index contributed by atoms with van der Waals surface area (Å²) in [5.41, 5.74) is 2.22. The smallest absolute Gasteiger partial charge is 0.234 e. The number of hydrogen-bond donors (Lipinski definition) is 1. The van der Waals surface area contributed by atoms with E-state index in [0.717, 1.165) is 11.8 Å². The van der Waals surface area contributed by atoms with Crippen LogP contribution >= 0.6 is 35.0 Å². The maximum atomic E-state index is 13.1. The number of anilines is 1. The Bertz CT molecular complexity index is 1220. The summed E-state index contributed by atoms with van der Waals surface area (Å²) in [6, 6.07) is 12.9. The van der Waals surface area contributed by atoms with Gasteiger partial charge in [-0.3, -0.25) is 9.59 Å². The lowest BCUT2D eigenvalue weighted by molar-refractivity contribution is -0.116. The summed E-state index contributed by atoms with van der Waals surface area (Å²) in [7, 11) is 0. The van der Waals surface area contributed by atoms with Gasteiger partial charge in [-0.1, -0.05) is 47.1 Å². The fourth-order valence-electron chi connectivity index (χ4n) is 4.04. The van der Waals surface area contributed by atoms with Crippen LogP contribution in [0, 0.1) is 23.1 Å². The summed E-state index contributed by atoms with van der Waals surface area (Å²) in [6.45, 7) is 0. The van der Waals surface area contributed by atoms with Gasteiger partial charge >= 0.3 is 0 Å². The van der Waals surface area contributed by atoms with E-state index < -0.39 is 17.7 Å². The largest absolute Gasteiger partial charge is 0.325 e. The maximum absolute atomic E-state index is 13.1. The second-order valence-electron chi connectivity index (χ2n) is 7.66. The van der Waals surface area contributed by atoms with E-state index in [0.29, 0.717) is 56.9 Å². The standard InChI is InChI=1S/C24H18Cl2FN3O2S/c25-17-4-1-3-15(23(17)26)21-16(11-28)24(30-18-5-2-6-19(31)22(18)21)33-12-20(32)29-14-9-7-13(27)8-10-14/h1,3-4,7-10,16,21H,2,5-6,12H2,(H,29,32)/t16?,21-/m0/s1. The Hall–Kier alpha value is -2.66. The molecule has 0 radical (unpaired) electrons. The predicted molar refractivity (Wildman–Crippen MR) is 129 cm³/mol. The fourth-order valence-corrected chi connectivity index (χ4v) is 5.36. The number of carbonyl (C=O) groups is 2. The van der Waals surface area contributed by atoms with Crippen LogP contribution in [0.3, 0.4) is 0 Å². The van der Waals surface area contributed by atoms with Crippen molar-refractivity contribution in [2.24, 2.45) is 10.9 Å². The molecule has 0 saturated carbocycles. The Morgan fingerprint density at radius 2 is 1.97 bits per heavy atom. The number of amides is 1. The number of allylic oxidation sites excluding steroid dienone is 2. The second kappa shape index (κ2) is 10.1. The first-order chi connectivity index (χ1) is 15.9. The number of Topliss-reactive ketones (excluding diaryl/α,β-unsaturated/α-hetero) is 1. The molecule has 168 valence electrons. The molecule has 2 atom stereocenters. The summed E-state index contributed by atoms with van der Waals surface area (Å²) < 4.78 is 13.1. The molecule has 9 heteroatoms. The van der Waals surface area contributed by atoms with Crippen molar-refractivity contribution in [2.75, 3.05) is 11.1 Å². The maximum Gasteiger partial charge on any atom is 0.234 e. The molecule has 2 aliphatic rings. The zero-order valence-corrected chi connectivity index (χ0v) is 19.6. The normalized spacial score (nSPS) is 20.1. The number of benzene rings is 2. The molecule has 1 aliphatic carbocycles. The minimum Gasteiger partial charge on any atom is -0.325 e. The van der Waals surface area contributed by atoms with Crippen LogP contribution in [0.5, 0.6) is 0 Å². The highest BCUT2D eigenvalue weighted by Crippen LogP contribution is 2.47. The van der Waals surface area contributed by atoms with E-state index in [1.54, 1.807) is 18.2 Å². The third kappa shape index (κ3) is 4.98. The van der Waals surface area contributed by atoms with Gasteiger partial charge in [0.15, 0.2) is 5.78 Å². The highest BCUT2D eigenvalue weighted by atomic mass is 35.5. The van der Waals surface area contributed by atoms with Crippen LogP contribution in [-0.4, -0.2) is 22.5 Å². The highest BCUT2D eigenvalue weighted by Gasteiger charge is 2.41. The molecule has 1 unspecified atom stereocenters. The molecule has 0 aromatic heterocycles. The molecule has 33 heavy (non-hydrogen) atoms. The third-order valence-electron chi connectivity index (χ3n) is 5.52. The lowest BCUT2D eigenvalue weighted by atomic mass is 9.74. The number of nitriles is 1. The summed E-state index contributed by atoms with van der Waals surface area (Å²) >= 11 is 13.9. The van der Waals surface area contributed by atoms with Crippen molar-refractivity contribution >= 4 is 57.4 Å². The molecule has 5 nitrogen and oxygen atoms in total. The number of rotatable bonds is 4. The molecule has 1 aliphatic heterocycles. The third-order valence-corrected chi connectivity index (χ3v) is 7.40. The summed E-state index contributed by atoms with van der Waals surface area (Å²) in [6.07, 6.45) is 1.68. The fraction of sp³-hybridized carbons (Fsp3) is 0.250. The zero-order chi connectivity index (χ0) is 23.5. The Morgan fingerprint density at radius 1 is 1.21 bits per heavy atom. The summed E-state index contributed by atoms with van der Waals surface area (Å²) in [5.74, 6) is -2.15. The monoisotopic (exact) mass is 501 g/mol. The van der Waals surface area contributed by atoms with Gasteiger partial charge in [0, 0.05) is 29.3 Å². The number of ketones is 1. The minimum absolute atomic E-state index is 0.000940. The molecule has 1 amide bonds. The van der Waals surface area contributed by atoms with Crippen molar-refractivity contribution in [3.8, 4) is 6.07 Å². The van der Waals surface area contributed by atoms with E-state index in [4.69, 9.17) is 23.2 Å². The second-order valence-corrected chi connectivity index (χ2v) is 9.44. The molecule has 2 aromatic rings. The van der Waals surface area contributed by atoms with Gasteiger partial charge in [-0.2, -0.15) is 5.26 Å². The minimum atomic E-state index is -0.787. The van der Waals surface area contributed by atoms with Crippen molar-refractivity contribution < 1.29 is 14.0 Å². The number of nitrogens with zero attached hydrogens (tertiary/aromatic N) is 2. The van der Waals surface area contributed by atoms with E-state index >= 15 is 0 Å². The average molecular weight is 502 g/mol. The molecule has 2 aromatic carbocycles. The number of halogens is 3. The Labute approximate surface area is 204 Å². The topological polar surface area (TPSA) is 82.3 Å². The molecule has 0 fully saturated rings. The van der Waals surface area contributed by atoms with Gasteiger partial charge in [-0.25, -0.2) is 9.38 Å². The Kier molecular flexibility index (Phi) is 7.18.